The lowest BCUT2D eigenvalue weighted by Crippen LogP contribution is -2.66. The van der Waals surface area contributed by atoms with Crippen molar-refractivity contribution in [3.8, 4) is 0 Å². The smallest absolute Gasteiger partial charge is 0.307 e. The minimum absolute atomic E-state index is 0.0832. The number of allylic oxidation sites excluding steroid dienone is 4. The Morgan fingerprint density at radius 3 is 2.32 bits per heavy atom. The average Bonchev–Trinajstić information content (AvgIpc) is 3.42. The number of halogens is 3. The van der Waals surface area contributed by atoms with Crippen molar-refractivity contribution in [2.45, 2.75) is 99.6 Å². The summed E-state index contributed by atoms with van der Waals surface area (Å²) >= 11 is 0. The second-order valence-corrected chi connectivity index (χ2v) is 16.3. The Morgan fingerprint density at radius 2 is 1.68 bits per heavy atom. The van der Waals surface area contributed by atoms with Crippen LogP contribution in [0.15, 0.2) is 35.8 Å². The van der Waals surface area contributed by atoms with Crippen molar-refractivity contribution in [2.75, 3.05) is 0 Å². The van der Waals surface area contributed by atoms with Crippen LogP contribution in [0.2, 0.25) is 0 Å². The van der Waals surface area contributed by atoms with E-state index in [-0.39, 0.29) is 28.6 Å². The molecule has 9 heteroatoms. The number of carbonyl (C=O) groups excluding carboxylic acids is 3. The van der Waals surface area contributed by atoms with Crippen molar-refractivity contribution < 1.29 is 27.6 Å². The van der Waals surface area contributed by atoms with Crippen LogP contribution < -0.4 is 0 Å². The molecule has 5 aliphatic carbocycles. The summed E-state index contributed by atoms with van der Waals surface area (Å²) in [5.74, 6) is -3.14. The Kier molecular flexibility index (Phi) is 6.36. The minimum Gasteiger partial charge on any atom is -0.307 e. The average molecular weight is 610 g/mol. The van der Waals surface area contributed by atoms with Gasteiger partial charge in [-0.15, -0.1) is 0 Å². The van der Waals surface area contributed by atoms with E-state index < -0.39 is 56.8 Å². The van der Waals surface area contributed by atoms with Crippen molar-refractivity contribution >= 4 is 17.5 Å². The summed E-state index contributed by atoms with van der Waals surface area (Å²) in [4.78, 5) is 49.4. The summed E-state index contributed by atoms with van der Waals surface area (Å²) in [6.07, 6.45) is 4.94. The maximum Gasteiger partial charge on any atom is 0.450 e. The van der Waals surface area contributed by atoms with E-state index in [1.165, 1.54) is 0 Å². The molecule has 1 aromatic rings. The summed E-state index contributed by atoms with van der Waals surface area (Å²) in [7, 11) is 0. The van der Waals surface area contributed by atoms with Gasteiger partial charge in [0, 0.05) is 29.1 Å². The van der Waals surface area contributed by atoms with Gasteiger partial charge in [-0.25, -0.2) is 9.83 Å². The molecule has 44 heavy (non-hydrogen) atoms. The molecule has 6 rings (SSSR count). The van der Waals surface area contributed by atoms with Crippen LogP contribution in [0.3, 0.4) is 0 Å². The van der Waals surface area contributed by atoms with Crippen LogP contribution in [0.1, 0.15) is 104 Å². The van der Waals surface area contributed by atoms with Crippen molar-refractivity contribution in [2.24, 2.45) is 50.2 Å². The fourth-order valence-electron chi connectivity index (χ4n) is 10.9. The fourth-order valence-corrected chi connectivity index (χ4v) is 10.9. The second-order valence-electron chi connectivity index (χ2n) is 16.3. The van der Waals surface area contributed by atoms with Gasteiger partial charge in [0.25, 0.3) is 0 Å². The lowest BCUT2D eigenvalue weighted by molar-refractivity contribution is -0.165. The third-order valence-electron chi connectivity index (χ3n) is 13.4. The number of Topliss-reactive ketones (excluding diaryl/α,β-unsaturated/α-hetero) is 1. The zero-order valence-electron chi connectivity index (χ0n) is 26.7. The Hall–Kier alpha value is -3.02. The molecule has 0 aromatic carbocycles. The SMILES string of the molecule is [C-]#[N+]C1=CC2(C)C3=CC(=O)C4C5CC(C)(C)CCC5(C(=O)n5ccnc5C(F)(F)F)CCC4(C)C3(C)CCC2C(C)(C)C1=O. The predicted octanol–water partition coefficient (Wildman–Crippen LogP) is 8.11. The number of hydrogen-bond donors (Lipinski definition) is 0. The maximum atomic E-state index is 14.6. The third kappa shape index (κ3) is 3.78. The van der Waals surface area contributed by atoms with Gasteiger partial charge in [0.05, 0.1) is 12.0 Å². The standard InChI is InChI=1S/C35H42F3N3O3/c1-29(2)11-13-34(28(44)41-16-15-40-27(41)35(36,37)38)14-12-33(7)25(20(34)18-29)22(42)17-24-31(5)19-21(39-8)26(43)30(3,4)23(31)9-10-32(24,33)6/h15-17,19-20,23,25H,9-14,18H2,1-7H3. The predicted molar refractivity (Wildman–Crippen MR) is 158 cm³/mol. The molecule has 0 bridgehead atoms. The summed E-state index contributed by atoms with van der Waals surface area (Å²) in [6, 6.07) is 0. The highest BCUT2D eigenvalue weighted by Gasteiger charge is 2.71. The molecule has 1 aromatic heterocycles. The van der Waals surface area contributed by atoms with Crippen LogP contribution in [-0.4, -0.2) is 27.0 Å². The number of imidazole rings is 1. The van der Waals surface area contributed by atoms with Gasteiger partial charge in [-0.1, -0.05) is 60.1 Å². The van der Waals surface area contributed by atoms with E-state index in [2.05, 4.69) is 44.4 Å². The fraction of sp³-hybridized carbons (Fsp3) is 0.686. The Balaban J connectivity index is 1.52. The summed E-state index contributed by atoms with van der Waals surface area (Å²) < 4.78 is 42.5. The van der Waals surface area contributed by atoms with Crippen molar-refractivity contribution in [3.63, 3.8) is 0 Å². The van der Waals surface area contributed by atoms with E-state index in [1.807, 2.05) is 13.8 Å². The van der Waals surface area contributed by atoms with Gasteiger partial charge in [0.1, 0.15) is 0 Å². The van der Waals surface area contributed by atoms with Crippen LogP contribution in [0.5, 0.6) is 0 Å². The summed E-state index contributed by atoms with van der Waals surface area (Å²) in [5.41, 5.74) is -2.73. The normalized spacial score (nSPS) is 40.8. The Morgan fingerprint density at radius 1 is 1.02 bits per heavy atom. The molecule has 0 amide bonds. The Bertz CT molecular complexity index is 1590. The van der Waals surface area contributed by atoms with E-state index in [1.54, 1.807) is 12.2 Å². The quantitative estimate of drug-likeness (QED) is 0.302. The molecule has 0 saturated heterocycles. The molecule has 3 fully saturated rings. The number of rotatable bonds is 1. The van der Waals surface area contributed by atoms with E-state index in [9.17, 15) is 27.6 Å². The monoisotopic (exact) mass is 609 g/mol. The van der Waals surface area contributed by atoms with E-state index in [0.29, 0.717) is 36.7 Å². The number of carbonyl (C=O) groups is 3. The van der Waals surface area contributed by atoms with Crippen LogP contribution in [0, 0.1) is 56.8 Å². The molecule has 236 valence electrons. The highest BCUT2D eigenvalue weighted by molar-refractivity contribution is 6.03. The highest BCUT2D eigenvalue weighted by atomic mass is 19.4. The van der Waals surface area contributed by atoms with Crippen LogP contribution in [0.25, 0.3) is 4.85 Å². The topological polar surface area (TPSA) is 73.4 Å². The summed E-state index contributed by atoms with van der Waals surface area (Å²) in [6.45, 7) is 22.2. The van der Waals surface area contributed by atoms with Crippen molar-refractivity contribution in [1.82, 2.24) is 9.55 Å². The lowest BCUT2D eigenvalue weighted by atomic mass is 9.34. The molecular weight excluding hydrogens is 567 g/mol. The lowest BCUT2D eigenvalue weighted by Gasteiger charge is -2.69. The Labute approximate surface area is 257 Å². The largest absolute Gasteiger partial charge is 0.450 e. The van der Waals surface area contributed by atoms with Crippen LogP contribution in [0.4, 0.5) is 13.2 Å². The second kappa shape index (κ2) is 9.04. The molecule has 3 saturated carbocycles. The van der Waals surface area contributed by atoms with Gasteiger partial charge in [0.15, 0.2) is 11.6 Å². The molecule has 0 radical (unpaired) electrons. The summed E-state index contributed by atoms with van der Waals surface area (Å²) in [5, 5.41) is 0. The zero-order valence-corrected chi connectivity index (χ0v) is 26.7. The van der Waals surface area contributed by atoms with Crippen molar-refractivity contribution in [3.05, 3.63) is 53.1 Å². The maximum absolute atomic E-state index is 14.6. The number of nitrogens with zero attached hydrogens (tertiary/aromatic N) is 3. The van der Waals surface area contributed by atoms with E-state index in [0.717, 1.165) is 30.8 Å². The first-order valence-electron chi connectivity index (χ1n) is 15.8. The number of alkyl halides is 3. The molecule has 6 nitrogen and oxygen atoms in total. The van der Waals surface area contributed by atoms with Crippen LogP contribution in [-0.2, 0) is 15.8 Å². The number of hydrogen-bond acceptors (Lipinski definition) is 4. The first-order valence-corrected chi connectivity index (χ1v) is 15.8. The first-order chi connectivity index (χ1) is 20.2. The molecule has 7 unspecified atom stereocenters. The number of aromatic nitrogens is 2. The van der Waals surface area contributed by atoms with Crippen LogP contribution >= 0.6 is 0 Å². The number of ketones is 2. The molecule has 0 spiro atoms. The first kappa shape index (κ1) is 31.0. The van der Waals surface area contributed by atoms with Gasteiger partial charge >= 0.3 is 6.18 Å². The third-order valence-corrected chi connectivity index (χ3v) is 13.4. The minimum atomic E-state index is -4.78. The molecular formula is C35H42F3N3O3. The molecule has 5 aliphatic rings. The highest BCUT2D eigenvalue weighted by Crippen LogP contribution is 2.74. The van der Waals surface area contributed by atoms with Gasteiger partial charge in [-0.3, -0.25) is 14.2 Å². The van der Waals surface area contributed by atoms with Gasteiger partial charge < -0.3 is 4.79 Å². The number of fused-ring (bicyclic) bond motifs is 7. The van der Waals surface area contributed by atoms with Gasteiger partial charge in [0.2, 0.25) is 17.4 Å². The molecule has 1 heterocycles. The van der Waals surface area contributed by atoms with E-state index >= 15 is 0 Å². The molecule has 0 aliphatic heterocycles. The van der Waals surface area contributed by atoms with Crippen molar-refractivity contribution in [1.29, 1.82) is 0 Å². The van der Waals surface area contributed by atoms with E-state index in [4.69, 9.17) is 6.57 Å². The molecule has 7 atom stereocenters. The zero-order chi connectivity index (χ0) is 32.5. The molecule has 0 N–H and O–H groups in total. The van der Waals surface area contributed by atoms with Gasteiger partial charge in [-0.05, 0) is 79.1 Å². The van der Waals surface area contributed by atoms with Gasteiger partial charge in [-0.2, -0.15) is 13.2 Å².